The van der Waals surface area contributed by atoms with Gasteiger partial charge in [0.1, 0.15) is 0 Å². The van der Waals surface area contributed by atoms with E-state index in [2.05, 4.69) is 4.90 Å². The molecule has 1 aliphatic heterocycles. The van der Waals surface area contributed by atoms with Crippen LogP contribution in [-0.2, 0) is 4.74 Å². The van der Waals surface area contributed by atoms with Crippen LogP contribution in [0.25, 0.3) is 0 Å². The van der Waals surface area contributed by atoms with Crippen LogP contribution in [0.3, 0.4) is 0 Å². The zero-order chi connectivity index (χ0) is 12.8. The maximum absolute atomic E-state index is 8.80. The van der Waals surface area contributed by atoms with Gasteiger partial charge in [0.05, 0.1) is 12.7 Å². The van der Waals surface area contributed by atoms with Gasteiger partial charge < -0.3 is 9.84 Å². The molecule has 100 valence electrons. The number of morpholine rings is 1. The van der Waals surface area contributed by atoms with Gasteiger partial charge in [0.2, 0.25) is 0 Å². The molecule has 1 heterocycles. The number of rotatable bonds is 5. The number of hydrogen-bond acceptors (Lipinski definition) is 3. The zero-order valence-corrected chi connectivity index (χ0v) is 11.3. The van der Waals surface area contributed by atoms with E-state index in [1.54, 1.807) is 0 Å². The molecule has 0 bridgehead atoms. The summed E-state index contributed by atoms with van der Waals surface area (Å²) >= 11 is 5.89. The largest absolute Gasteiger partial charge is 0.396 e. The average molecular weight is 270 g/mol. The van der Waals surface area contributed by atoms with Crippen LogP contribution >= 0.6 is 11.6 Å². The molecule has 1 fully saturated rings. The lowest BCUT2D eigenvalue weighted by atomic mass is 10.1. The fourth-order valence-electron chi connectivity index (χ4n) is 2.23. The van der Waals surface area contributed by atoms with Crippen LogP contribution in [0.5, 0.6) is 0 Å². The van der Waals surface area contributed by atoms with E-state index in [0.717, 1.165) is 44.1 Å². The van der Waals surface area contributed by atoms with E-state index in [1.807, 2.05) is 24.3 Å². The molecule has 1 atom stereocenters. The molecule has 1 unspecified atom stereocenters. The average Bonchev–Trinajstić information content (AvgIpc) is 2.40. The molecule has 0 aromatic heterocycles. The maximum Gasteiger partial charge on any atom is 0.0952 e. The first-order valence-electron chi connectivity index (χ1n) is 6.50. The quantitative estimate of drug-likeness (QED) is 0.834. The summed E-state index contributed by atoms with van der Waals surface area (Å²) < 4.78 is 5.81. The Morgan fingerprint density at radius 2 is 2.06 bits per heavy atom. The van der Waals surface area contributed by atoms with Crippen LogP contribution in [0, 0.1) is 0 Å². The molecule has 0 aliphatic carbocycles. The van der Waals surface area contributed by atoms with Crippen molar-refractivity contribution in [3.8, 4) is 0 Å². The number of unbranched alkanes of at least 4 members (excludes halogenated alkanes) is 1. The van der Waals surface area contributed by atoms with Gasteiger partial charge >= 0.3 is 0 Å². The highest BCUT2D eigenvalue weighted by Gasteiger charge is 2.21. The topological polar surface area (TPSA) is 32.7 Å². The Hall–Kier alpha value is -0.610. The minimum absolute atomic E-state index is 0.144. The van der Waals surface area contributed by atoms with Crippen LogP contribution in [0.4, 0.5) is 0 Å². The third-order valence-electron chi connectivity index (χ3n) is 3.27. The van der Waals surface area contributed by atoms with Crippen molar-refractivity contribution in [1.82, 2.24) is 4.90 Å². The third-order valence-corrected chi connectivity index (χ3v) is 3.53. The van der Waals surface area contributed by atoms with Gasteiger partial charge in [-0.1, -0.05) is 23.7 Å². The summed E-state index contributed by atoms with van der Waals surface area (Å²) in [5, 5.41) is 9.55. The van der Waals surface area contributed by atoms with Crippen molar-refractivity contribution in [2.45, 2.75) is 18.9 Å². The number of ether oxygens (including phenoxy) is 1. The van der Waals surface area contributed by atoms with Gasteiger partial charge in [-0.25, -0.2) is 0 Å². The number of hydrogen-bond donors (Lipinski definition) is 1. The smallest absolute Gasteiger partial charge is 0.0952 e. The lowest BCUT2D eigenvalue weighted by Crippen LogP contribution is -2.38. The summed E-state index contributed by atoms with van der Waals surface area (Å²) in [7, 11) is 0. The predicted molar refractivity (Wildman–Crippen MR) is 72.9 cm³/mol. The molecule has 0 radical (unpaired) electrons. The highest BCUT2D eigenvalue weighted by atomic mass is 35.5. The molecular weight excluding hydrogens is 250 g/mol. The van der Waals surface area contributed by atoms with Gasteiger partial charge in [-0.05, 0) is 37.1 Å². The van der Waals surface area contributed by atoms with Crippen LogP contribution in [0.2, 0.25) is 5.02 Å². The molecule has 18 heavy (non-hydrogen) atoms. The van der Waals surface area contributed by atoms with Crippen LogP contribution in [-0.4, -0.2) is 42.9 Å². The molecule has 1 aliphatic rings. The van der Waals surface area contributed by atoms with E-state index < -0.39 is 0 Å². The van der Waals surface area contributed by atoms with E-state index in [9.17, 15) is 0 Å². The zero-order valence-electron chi connectivity index (χ0n) is 10.5. The molecular formula is C14H20ClNO2. The summed E-state index contributed by atoms with van der Waals surface area (Å²) in [6, 6.07) is 7.88. The van der Waals surface area contributed by atoms with E-state index in [0.29, 0.717) is 0 Å². The lowest BCUT2D eigenvalue weighted by Gasteiger charge is -2.33. The van der Waals surface area contributed by atoms with Gasteiger partial charge in [-0.3, -0.25) is 4.90 Å². The second-order valence-electron chi connectivity index (χ2n) is 4.64. The van der Waals surface area contributed by atoms with Crippen molar-refractivity contribution < 1.29 is 9.84 Å². The normalized spacial score (nSPS) is 21.1. The van der Waals surface area contributed by atoms with Crippen molar-refractivity contribution >= 4 is 11.6 Å². The van der Waals surface area contributed by atoms with Crippen molar-refractivity contribution in [3.63, 3.8) is 0 Å². The summed E-state index contributed by atoms with van der Waals surface area (Å²) in [6.07, 6.45) is 2.07. The Labute approximate surface area is 113 Å². The van der Waals surface area contributed by atoms with Crippen molar-refractivity contribution in [3.05, 3.63) is 34.9 Å². The van der Waals surface area contributed by atoms with E-state index >= 15 is 0 Å². The Morgan fingerprint density at radius 3 is 2.78 bits per heavy atom. The van der Waals surface area contributed by atoms with Crippen molar-refractivity contribution in [2.75, 3.05) is 32.8 Å². The molecule has 1 aromatic carbocycles. The number of halogens is 1. The molecule has 2 rings (SSSR count). The first kappa shape index (κ1) is 13.8. The first-order valence-corrected chi connectivity index (χ1v) is 6.87. The van der Waals surface area contributed by atoms with E-state index in [1.165, 1.54) is 5.56 Å². The molecule has 3 nitrogen and oxygen atoms in total. The Balaban J connectivity index is 1.88. The molecule has 4 heteroatoms. The van der Waals surface area contributed by atoms with Crippen LogP contribution in [0.15, 0.2) is 24.3 Å². The molecule has 1 N–H and O–H groups in total. The SMILES string of the molecule is OCCCCN1CCOC(c2ccc(Cl)cc2)C1. The third kappa shape index (κ3) is 3.95. The standard InChI is InChI=1S/C14H20ClNO2/c15-13-5-3-12(4-6-13)14-11-16(8-10-18-14)7-1-2-9-17/h3-6,14,17H,1-2,7-11H2. The van der Waals surface area contributed by atoms with E-state index in [4.69, 9.17) is 21.4 Å². The summed E-state index contributed by atoms with van der Waals surface area (Å²) in [5.74, 6) is 0. The molecule has 0 saturated carbocycles. The Morgan fingerprint density at radius 1 is 1.28 bits per heavy atom. The molecule has 0 spiro atoms. The second kappa shape index (κ2) is 7.10. The second-order valence-corrected chi connectivity index (χ2v) is 5.08. The van der Waals surface area contributed by atoms with Crippen LogP contribution < -0.4 is 0 Å². The number of nitrogens with zero attached hydrogens (tertiary/aromatic N) is 1. The van der Waals surface area contributed by atoms with Gasteiger partial charge in [0, 0.05) is 24.7 Å². The van der Waals surface area contributed by atoms with E-state index in [-0.39, 0.29) is 12.7 Å². The maximum atomic E-state index is 8.80. The van der Waals surface area contributed by atoms with Crippen LogP contribution in [0.1, 0.15) is 24.5 Å². The Kier molecular flexibility index (Phi) is 5.45. The first-order chi connectivity index (χ1) is 8.79. The number of aliphatic hydroxyl groups is 1. The number of aliphatic hydroxyl groups excluding tert-OH is 1. The number of benzene rings is 1. The summed E-state index contributed by atoms with van der Waals surface area (Å²) in [6.45, 7) is 3.99. The lowest BCUT2D eigenvalue weighted by molar-refractivity contribution is -0.0305. The monoisotopic (exact) mass is 269 g/mol. The van der Waals surface area contributed by atoms with Crippen molar-refractivity contribution in [1.29, 1.82) is 0 Å². The summed E-state index contributed by atoms with van der Waals surface area (Å²) in [4.78, 5) is 2.40. The fourth-order valence-corrected chi connectivity index (χ4v) is 2.36. The van der Waals surface area contributed by atoms with Gasteiger partial charge in [-0.15, -0.1) is 0 Å². The summed E-state index contributed by atoms with van der Waals surface area (Å²) in [5.41, 5.74) is 1.19. The fraction of sp³-hybridized carbons (Fsp3) is 0.571. The highest BCUT2D eigenvalue weighted by Crippen LogP contribution is 2.23. The highest BCUT2D eigenvalue weighted by molar-refractivity contribution is 6.30. The van der Waals surface area contributed by atoms with Crippen molar-refractivity contribution in [2.24, 2.45) is 0 Å². The predicted octanol–water partition coefficient (Wildman–Crippen LogP) is 2.49. The Bertz CT molecular complexity index is 355. The molecule has 1 saturated heterocycles. The minimum Gasteiger partial charge on any atom is -0.396 e. The van der Waals surface area contributed by atoms with Gasteiger partial charge in [0.25, 0.3) is 0 Å². The minimum atomic E-state index is 0.144. The molecule has 1 aromatic rings. The van der Waals surface area contributed by atoms with Gasteiger partial charge in [0.15, 0.2) is 0 Å². The molecule has 0 amide bonds. The van der Waals surface area contributed by atoms with Gasteiger partial charge in [-0.2, -0.15) is 0 Å².